The predicted molar refractivity (Wildman–Crippen MR) is 39.6 cm³/mol. The van der Waals surface area contributed by atoms with Crippen LogP contribution >= 0.6 is 0 Å². The summed E-state index contributed by atoms with van der Waals surface area (Å²) in [6, 6.07) is 0. The van der Waals surface area contributed by atoms with Gasteiger partial charge in [-0.2, -0.15) is 0 Å². The van der Waals surface area contributed by atoms with Crippen LogP contribution in [0.25, 0.3) is 0 Å². The van der Waals surface area contributed by atoms with Crippen molar-refractivity contribution in [2.24, 2.45) is 11.8 Å². The van der Waals surface area contributed by atoms with Gasteiger partial charge in [-0.15, -0.1) is 0 Å². The second-order valence-corrected chi connectivity index (χ2v) is 2.89. The largest absolute Gasteiger partial charge is 0.481 e. The molecule has 0 bridgehead atoms. The van der Waals surface area contributed by atoms with E-state index in [1.54, 1.807) is 13.8 Å². The molecule has 0 rings (SSSR count). The Morgan fingerprint density at radius 2 is 1.50 bits per heavy atom. The molecule has 0 unspecified atom stereocenters. The van der Waals surface area contributed by atoms with E-state index in [0.717, 1.165) is 0 Å². The van der Waals surface area contributed by atoms with E-state index in [-0.39, 0.29) is 0 Å². The van der Waals surface area contributed by atoms with Crippen molar-refractivity contribution in [3.63, 3.8) is 0 Å². The SMILES string of the molecule is CC(C)[C@H](C(=O)O)[C@@H](O)C(=O)O. The van der Waals surface area contributed by atoms with Crippen molar-refractivity contribution in [1.82, 2.24) is 0 Å². The number of aliphatic hydroxyl groups excluding tert-OH is 1. The van der Waals surface area contributed by atoms with Gasteiger partial charge in [-0.1, -0.05) is 13.8 Å². The number of hydrogen-bond acceptors (Lipinski definition) is 3. The molecule has 70 valence electrons. The molecule has 12 heavy (non-hydrogen) atoms. The molecule has 0 amide bonds. The Labute approximate surface area is 69.6 Å². The van der Waals surface area contributed by atoms with Gasteiger partial charge in [-0.05, 0) is 5.92 Å². The molecule has 0 aliphatic rings. The lowest BCUT2D eigenvalue weighted by Gasteiger charge is -2.18. The van der Waals surface area contributed by atoms with E-state index >= 15 is 0 Å². The van der Waals surface area contributed by atoms with Crippen molar-refractivity contribution in [3.05, 3.63) is 0 Å². The van der Waals surface area contributed by atoms with Crippen LogP contribution in [0.4, 0.5) is 0 Å². The first-order chi connectivity index (χ1) is 5.37. The van der Waals surface area contributed by atoms with Crippen LogP contribution < -0.4 is 0 Å². The number of hydrogen-bond donors (Lipinski definition) is 3. The second-order valence-electron chi connectivity index (χ2n) is 2.89. The fourth-order valence-electron chi connectivity index (χ4n) is 0.938. The van der Waals surface area contributed by atoms with Crippen LogP contribution in [0.3, 0.4) is 0 Å². The lowest BCUT2D eigenvalue weighted by atomic mass is 9.90. The zero-order valence-electron chi connectivity index (χ0n) is 6.89. The molecule has 5 heteroatoms. The average Bonchev–Trinajstić information content (AvgIpc) is 1.85. The number of aliphatic carboxylic acids is 2. The monoisotopic (exact) mass is 176 g/mol. The third-order valence-corrected chi connectivity index (χ3v) is 1.60. The van der Waals surface area contributed by atoms with E-state index in [1.165, 1.54) is 0 Å². The summed E-state index contributed by atoms with van der Waals surface area (Å²) in [7, 11) is 0. The van der Waals surface area contributed by atoms with Crippen molar-refractivity contribution in [2.75, 3.05) is 0 Å². The Kier molecular flexibility index (Phi) is 3.69. The van der Waals surface area contributed by atoms with Crippen molar-refractivity contribution in [1.29, 1.82) is 0 Å². The fourth-order valence-corrected chi connectivity index (χ4v) is 0.938. The minimum atomic E-state index is -1.83. The highest BCUT2D eigenvalue weighted by Gasteiger charge is 2.34. The van der Waals surface area contributed by atoms with Gasteiger partial charge in [0.2, 0.25) is 0 Å². The van der Waals surface area contributed by atoms with Gasteiger partial charge in [-0.25, -0.2) is 4.79 Å². The van der Waals surface area contributed by atoms with Crippen LogP contribution in [0.15, 0.2) is 0 Å². The molecule has 0 saturated heterocycles. The highest BCUT2D eigenvalue weighted by molar-refractivity contribution is 5.81. The maximum absolute atomic E-state index is 10.5. The first kappa shape index (κ1) is 10.9. The van der Waals surface area contributed by atoms with Gasteiger partial charge in [0.05, 0.1) is 5.92 Å². The summed E-state index contributed by atoms with van der Waals surface area (Å²) in [5.74, 6) is -4.45. The van der Waals surface area contributed by atoms with Crippen LogP contribution in [-0.4, -0.2) is 33.4 Å². The van der Waals surface area contributed by atoms with Crippen molar-refractivity contribution in [2.45, 2.75) is 20.0 Å². The molecule has 0 aromatic carbocycles. The summed E-state index contributed by atoms with van der Waals surface area (Å²) in [5, 5.41) is 25.8. The van der Waals surface area contributed by atoms with E-state index < -0.39 is 29.9 Å². The lowest BCUT2D eigenvalue weighted by molar-refractivity contribution is -0.161. The molecule has 0 radical (unpaired) electrons. The third-order valence-electron chi connectivity index (χ3n) is 1.60. The van der Waals surface area contributed by atoms with Gasteiger partial charge in [0.15, 0.2) is 6.10 Å². The molecule has 0 fully saturated rings. The molecule has 5 nitrogen and oxygen atoms in total. The van der Waals surface area contributed by atoms with Gasteiger partial charge >= 0.3 is 11.9 Å². The first-order valence-electron chi connectivity index (χ1n) is 3.51. The maximum atomic E-state index is 10.5. The highest BCUT2D eigenvalue weighted by Crippen LogP contribution is 2.15. The maximum Gasteiger partial charge on any atom is 0.333 e. The molecule has 0 spiro atoms. The summed E-state index contributed by atoms with van der Waals surface area (Å²) in [6.45, 7) is 3.09. The molecular weight excluding hydrogens is 164 g/mol. The summed E-state index contributed by atoms with van der Waals surface area (Å²) >= 11 is 0. The minimum Gasteiger partial charge on any atom is -0.481 e. The smallest absolute Gasteiger partial charge is 0.333 e. The number of aliphatic hydroxyl groups is 1. The molecule has 0 aliphatic carbocycles. The van der Waals surface area contributed by atoms with Gasteiger partial charge in [0.1, 0.15) is 0 Å². The Balaban J connectivity index is 4.51. The van der Waals surface area contributed by atoms with Crippen LogP contribution in [0.5, 0.6) is 0 Å². The highest BCUT2D eigenvalue weighted by atomic mass is 16.4. The average molecular weight is 176 g/mol. The Morgan fingerprint density at radius 3 is 1.58 bits per heavy atom. The van der Waals surface area contributed by atoms with E-state index in [9.17, 15) is 9.59 Å². The summed E-state index contributed by atoms with van der Waals surface area (Å²) in [5.41, 5.74) is 0. The number of rotatable bonds is 4. The number of carboxylic acids is 2. The minimum absolute atomic E-state index is 0.409. The van der Waals surface area contributed by atoms with Crippen LogP contribution in [-0.2, 0) is 9.59 Å². The summed E-state index contributed by atoms with van der Waals surface area (Å²) < 4.78 is 0. The molecule has 0 heterocycles. The van der Waals surface area contributed by atoms with Crippen LogP contribution in [0, 0.1) is 11.8 Å². The lowest BCUT2D eigenvalue weighted by Crippen LogP contribution is -2.37. The van der Waals surface area contributed by atoms with E-state index in [4.69, 9.17) is 15.3 Å². The standard InChI is InChI=1S/C7H12O5/c1-3(2)4(6(9)10)5(8)7(11)12/h3-5,8H,1-2H3,(H,9,10)(H,11,12)/t4-,5+/m0/s1. The van der Waals surface area contributed by atoms with Crippen LogP contribution in [0.2, 0.25) is 0 Å². The third kappa shape index (κ3) is 2.50. The molecule has 2 atom stereocenters. The predicted octanol–water partition coefficient (Wildman–Crippen LogP) is -0.211. The fraction of sp³-hybridized carbons (Fsp3) is 0.714. The van der Waals surface area contributed by atoms with E-state index in [2.05, 4.69) is 0 Å². The molecule has 0 saturated carbocycles. The zero-order valence-corrected chi connectivity index (χ0v) is 6.89. The molecule has 3 N–H and O–H groups in total. The van der Waals surface area contributed by atoms with Gasteiger partial charge < -0.3 is 15.3 Å². The Bertz CT molecular complexity index is 186. The van der Waals surface area contributed by atoms with Gasteiger partial charge in [-0.3, -0.25) is 4.79 Å². The Hall–Kier alpha value is -1.10. The first-order valence-corrected chi connectivity index (χ1v) is 3.51. The molecule has 0 aromatic rings. The molecule has 0 aliphatic heterocycles. The quantitative estimate of drug-likeness (QED) is 0.550. The number of carbonyl (C=O) groups is 2. The second kappa shape index (κ2) is 4.06. The van der Waals surface area contributed by atoms with E-state index in [0.29, 0.717) is 0 Å². The van der Waals surface area contributed by atoms with Gasteiger partial charge in [0.25, 0.3) is 0 Å². The normalized spacial score (nSPS) is 15.7. The van der Waals surface area contributed by atoms with Crippen molar-refractivity contribution >= 4 is 11.9 Å². The topological polar surface area (TPSA) is 94.8 Å². The molecular formula is C7H12O5. The molecule has 0 aromatic heterocycles. The van der Waals surface area contributed by atoms with Gasteiger partial charge in [0, 0.05) is 0 Å². The van der Waals surface area contributed by atoms with E-state index in [1.807, 2.05) is 0 Å². The summed E-state index contributed by atoms with van der Waals surface area (Å²) in [4.78, 5) is 20.7. The van der Waals surface area contributed by atoms with Crippen molar-refractivity contribution < 1.29 is 24.9 Å². The van der Waals surface area contributed by atoms with Crippen LogP contribution in [0.1, 0.15) is 13.8 Å². The zero-order chi connectivity index (χ0) is 9.89. The summed E-state index contributed by atoms with van der Waals surface area (Å²) in [6.07, 6.45) is -1.83. The Morgan fingerprint density at radius 1 is 1.08 bits per heavy atom. The number of carboxylic acid groups (broad SMARTS) is 2. The van der Waals surface area contributed by atoms with Crippen molar-refractivity contribution in [3.8, 4) is 0 Å².